The highest BCUT2D eigenvalue weighted by Crippen LogP contribution is 2.31. The molecule has 34 heavy (non-hydrogen) atoms. The quantitative estimate of drug-likeness (QED) is 0.635. The first-order valence-electron chi connectivity index (χ1n) is 11.7. The number of piperidine rings is 1. The van der Waals surface area contributed by atoms with E-state index in [1.54, 1.807) is 17.2 Å². The smallest absolute Gasteiger partial charge is 0.326 e. The number of amides is 1. The lowest BCUT2D eigenvalue weighted by molar-refractivity contribution is 0.0984. The molecule has 0 radical (unpaired) electrons. The number of pyridine rings is 1. The van der Waals surface area contributed by atoms with E-state index in [0.29, 0.717) is 18.7 Å². The summed E-state index contributed by atoms with van der Waals surface area (Å²) >= 11 is 0. The van der Waals surface area contributed by atoms with E-state index in [-0.39, 0.29) is 23.5 Å². The number of carbonyl (C=O) groups excluding carboxylic acids is 1. The molecule has 1 fully saturated rings. The monoisotopic (exact) mass is 461 g/mol. The number of carbonyl (C=O) groups is 1. The molecule has 0 saturated carbocycles. The molecule has 3 aromatic rings. The number of allylic oxidation sites excluding steroid dienone is 1. The van der Waals surface area contributed by atoms with E-state index < -0.39 is 0 Å². The summed E-state index contributed by atoms with van der Waals surface area (Å²) < 4.78 is 15.4. The van der Waals surface area contributed by atoms with Crippen molar-refractivity contribution in [3.05, 3.63) is 81.6 Å². The minimum absolute atomic E-state index is 0.0633. The van der Waals surface area contributed by atoms with Gasteiger partial charge in [0, 0.05) is 48.9 Å². The van der Waals surface area contributed by atoms with E-state index >= 15 is 0 Å². The van der Waals surface area contributed by atoms with Crippen LogP contribution in [-0.2, 0) is 6.42 Å². The maximum atomic E-state index is 13.5. The molecular weight excluding hydrogens is 433 g/mol. The molecule has 1 saturated heterocycles. The van der Waals surface area contributed by atoms with Gasteiger partial charge in [-0.15, -0.1) is 0 Å². The number of hydrogen-bond acceptors (Lipinski definition) is 4. The van der Waals surface area contributed by atoms with Crippen LogP contribution in [0.4, 0.5) is 15.8 Å². The van der Waals surface area contributed by atoms with Crippen LogP contribution < -0.4 is 15.5 Å². The van der Waals surface area contributed by atoms with Crippen molar-refractivity contribution < 1.29 is 9.18 Å². The van der Waals surface area contributed by atoms with Crippen LogP contribution in [0.5, 0.6) is 0 Å². The van der Waals surface area contributed by atoms with Gasteiger partial charge in [-0.05, 0) is 75.1 Å². The fraction of sp³-hybridized carbons (Fsp3) is 0.346. The molecule has 176 valence electrons. The highest BCUT2D eigenvalue weighted by atomic mass is 19.1. The standard InChI is InChI=1S/C26H28FN5O2/c1-3-4-23-17(2)29-26(34)32(23)20-9-12-30(13-10-20)21-7-11-28-22(16-21)25(33)31-14-8-18-15-19(27)5-6-24(18)31/h3-7,11,15-16,20H,8-10,12-14H2,1-2H3,(H,29,34)/b4-3-. The topological polar surface area (TPSA) is 74.2 Å². The largest absolute Gasteiger partial charge is 0.371 e. The number of benzene rings is 1. The van der Waals surface area contributed by atoms with Crippen molar-refractivity contribution in [1.82, 2.24) is 14.5 Å². The summed E-state index contributed by atoms with van der Waals surface area (Å²) in [6.07, 6.45) is 7.90. The van der Waals surface area contributed by atoms with Crippen LogP contribution in [0, 0.1) is 12.7 Å². The van der Waals surface area contributed by atoms with Crippen molar-refractivity contribution >= 4 is 23.4 Å². The molecule has 8 heteroatoms. The second-order valence-corrected chi connectivity index (χ2v) is 8.91. The van der Waals surface area contributed by atoms with Gasteiger partial charge in [-0.1, -0.05) is 6.08 Å². The van der Waals surface area contributed by atoms with Crippen LogP contribution in [0.15, 0.2) is 47.4 Å². The Morgan fingerprint density at radius 1 is 1.18 bits per heavy atom. The number of aromatic nitrogens is 3. The molecule has 1 amide bonds. The molecule has 4 heterocycles. The van der Waals surface area contributed by atoms with Gasteiger partial charge in [-0.3, -0.25) is 14.3 Å². The van der Waals surface area contributed by atoms with Gasteiger partial charge in [0.2, 0.25) is 0 Å². The summed E-state index contributed by atoms with van der Waals surface area (Å²) in [6, 6.07) is 8.43. The van der Waals surface area contributed by atoms with E-state index in [1.807, 2.05) is 42.7 Å². The summed E-state index contributed by atoms with van der Waals surface area (Å²) in [6.45, 7) is 5.95. The second kappa shape index (κ2) is 8.93. The fourth-order valence-electron chi connectivity index (χ4n) is 5.14. The molecule has 0 atom stereocenters. The van der Waals surface area contributed by atoms with E-state index in [0.717, 1.165) is 54.3 Å². The molecule has 0 bridgehead atoms. The number of anilines is 2. The zero-order chi connectivity index (χ0) is 23.8. The summed E-state index contributed by atoms with van der Waals surface area (Å²) in [5.74, 6) is -0.459. The van der Waals surface area contributed by atoms with Crippen LogP contribution >= 0.6 is 0 Å². The van der Waals surface area contributed by atoms with E-state index in [9.17, 15) is 14.0 Å². The molecule has 0 unspecified atom stereocenters. The number of aromatic amines is 1. The second-order valence-electron chi connectivity index (χ2n) is 8.91. The molecule has 1 N–H and O–H groups in total. The zero-order valence-electron chi connectivity index (χ0n) is 19.4. The van der Waals surface area contributed by atoms with Gasteiger partial charge in [0.1, 0.15) is 11.5 Å². The van der Waals surface area contributed by atoms with Gasteiger partial charge < -0.3 is 14.8 Å². The van der Waals surface area contributed by atoms with Crippen LogP contribution in [0.3, 0.4) is 0 Å². The van der Waals surface area contributed by atoms with Crippen LogP contribution in [0.1, 0.15) is 53.2 Å². The minimum Gasteiger partial charge on any atom is -0.371 e. The number of fused-ring (bicyclic) bond motifs is 1. The highest BCUT2D eigenvalue weighted by molar-refractivity contribution is 6.06. The number of imidazole rings is 1. The summed E-state index contributed by atoms with van der Waals surface area (Å²) in [7, 11) is 0. The SMILES string of the molecule is C/C=C\c1c(C)[nH]c(=O)n1C1CCN(c2ccnc(C(=O)N3CCc4cc(F)ccc43)c2)CC1. The third kappa shape index (κ3) is 3.93. The Hall–Kier alpha value is -3.68. The Labute approximate surface area is 197 Å². The lowest BCUT2D eigenvalue weighted by atomic mass is 10.0. The van der Waals surface area contributed by atoms with Gasteiger partial charge in [0.15, 0.2) is 0 Å². The third-order valence-corrected chi connectivity index (χ3v) is 6.82. The number of nitrogens with one attached hydrogen (secondary N) is 1. The van der Waals surface area contributed by atoms with Crippen LogP contribution in [0.25, 0.3) is 6.08 Å². The van der Waals surface area contributed by atoms with Crippen LogP contribution in [0.2, 0.25) is 0 Å². The Morgan fingerprint density at radius 2 is 1.97 bits per heavy atom. The number of aryl methyl sites for hydroxylation is 1. The Kier molecular flexibility index (Phi) is 5.81. The summed E-state index contributed by atoms with van der Waals surface area (Å²) in [5.41, 5.74) is 4.68. The molecule has 2 aliphatic rings. The van der Waals surface area contributed by atoms with E-state index in [2.05, 4.69) is 14.9 Å². The molecule has 7 nitrogen and oxygen atoms in total. The molecule has 2 aliphatic heterocycles. The lowest BCUT2D eigenvalue weighted by Gasteiger charge is -2.34. The first kappa shape index (κ1) is 22.1. The van der Waals surface area contributed by atoms with Crippen molar-refractivity contribution in [2.75, 3.05) is 29.4 Å². The van der Waals surface area contributed by atoms with Gasteiger partial charge in [-0.2, -0.15) is 0 Å². The van der Waals surface area contributed by atoms with E-state index in [4.69, 9.17) is 0 Å². The lowest BCUT2D eigenvalue weighted by Crippen LogP contribution is -2.37. The van der Waals surface area contributed by atoms with Gasteiger partial charge >= 0.3 is 5.69 Å². The average molecular weight is 462 g/mol. The maximum Gasteiger partial charge on any atom is 0.326 e. The predicted octanol–water partition coefficient (Wildman–Crippen LogP) is 4.10. The minimum atomic E-state index is -0.286. The fourth-order valence-corrected chi connectivity index (χ4v) is 5.14. The van der Waals surface area contributed by atoms with Gasteiger partial charge in [0.25, 0.3) is 5.91 Å². The number of rotatable bonds is 4. The zero-order valence-corrected chi connectivity index (χ0v) is 19.4. The number of halogens is 1. The van der Waals surface area contributed by atoms with Gasteiger partial charge in [0.05, 0.1) is 5.69 Å². The molecule has 0 aliphatic carbocycles. The van der Waals surface area contributed by atoms with Crippen molar-refractivity contribution in [2.24, 2.45) is 0 Å². The Morgan fingerprint density at radius 3 is 2.74 bits per heavy atom. The first-order chi connectivity index (χ1) is 16.5. The molecule has 5 rings (SSSR count). The van der Waals surface area contributed by atoms with Crippen molar-refractivity contribution in [3.63, 3.8) is 0 Å². The van der Waals surface area contributed by atoms with Crippen molar-refractivity contribution in [3.8, 4) is 0 Å². The molecule has 2 aromatic heterocycles. The average Bonchev–Trinajstić information content (AvgIpc) is 3.38. The number of hydrogen-bond donors (Lipinski definition) is 1. The molecule has 0 spiro atoms. The highest BCUT2D eigenvalue weighted by Gasteiger charge is 2.28. The Balaban J connectivity index is 1.31. The number of H-pyrrole nitrogens is 1. The van der Waals surface area contributed by atoms with Crippen LogP contribution in [-0.4, -0.2) is 40.1 Å². The summed E-state index contributed by atoms with van der Waals surface area (Å²) in [5, 5.41) is 0. The Bertz CT molecular complexity index is 1320. The predicted molar refractivity (Wildman–Crippen MR) is 131 cm³/mol. The summed E-state index contributed by atoms with van der Waals surface area (Å²) in [4.78, 5) is 36.9. The molecule has 1 aromatic carbocycles. The van der Waals surface area contributed by atoms with Crippen molar-refractivity contribution in [2.45, 2.75) is 39.2 Å². The third-order valence-electron chi connectivity index (χ3n) is 6.82. The number of nitrogens with zero attached hydrogens (tertiary/aromatic N) is 4. The molecular formula is C26H28FN5O2. The first-order valence-corrected chi connectivity index (χ1v) is 11.7. The normalized spacial score (nSPS) is 16.4. The van der Waals surface area contributed by atoms with Crippen molar-refractivity contribution in [1.29, 1.82) is 0 Å². The maximum absolute atomic E-state index is 13.5. The van der Waals surface area contributed by atoms with Gasteiger partial charge in [-0.25, -0.2) is 9.18 Å². The van der Waals surface area contributed by atoms with E-state index in [1.165, 1.54) is 12.1 Å².